The highest BCUT2D eigenvalue weighted by Gasteiger charge is 2.26. The summed E-state index contributed by atoms with van der Waals surface area (Å²) in [6, 6.07) is 9.31. The Morgan fingerprint density at radius 3 is 2.52 bits per heavy atom. The monoisotopic (exact) mass is 406 g/mol. The molecule has 1 aromatic heterocycles. The average molecular weight is 406 g/mol. The van der Waals surface area contributed by atoms with Crippen molar-refractivity contribution in [3.63, 3.8) is 0 Å². The van der Waals surface area contributed by atoms with Gasteiger partial charge >= 0.3 is 23.9 Å². The summed E-state index contributed by atoms with van der Waals surface area (Å²) in [5.41, 5.74) is 0.124. The lowest BCUT2D eigenvalue weighted by Crippen LogP contribution is -2.33. The van der Waals surface area contributed by atoms with Gasteiger partial charge in [-0.05, 0) is 45.6 Å². The van der Waals surface area contributed by atoms with Crippen LogP contribution in [-0.2, 0) is 22.5 Å². The number of ether oxygens (including phenoxy) is 2. The van der Waals surface area contributed by atoms with Crippen LogP contribution >= 0.6 is 0 Å². The quantitative estimate of drug-likeness (QED) is 0.678. The number of rotatable bonds is 7. The van der Waals surface area contributed by atoms with Crippen LogP contribution in [0.2, 0.25) is 0 Å². The van der Waals surface area contributed by atoms with Gasteiger partial charge in [-0.2, -0.15) is 4.57 Å². The number of hydrogen-bond acceptors (Lipinski definition) is 7. The zero-order valence-electron chi connectivity index (χ0n) is 16.8. The Hall–Kier alpha value is -3.23. The van der Waals surface area contributed by atoms with E-state index in [2.05, 4.69) is 9.73 Å². The van der Waals surface area contributed by atoms with Gasteiger partial charge in [-0.1, -0.05) is 30.3 Å². The lowest BCUT2D eigenvalue weighted by Gasteiger charge is -2.19. The first-order chi connectivity index (χ1) is 13.7. The van der Waals surface area contributed by atoms with Crippen molar-refractivity contribution < 1.29 is 28.6 Å². The maximum Gasteiger partial charge on any atom is 0.431 e. The maximum atomic E-state index is 12.2. The number of nitrogens with one attached hydrogen (secondary N) is 1. The van der Waals surface area contributed by atoms with Gasteiger partial charge in [0, 0.05) is 6.54 Å². The van der Waals surface area contributed by atoms with Crippen molar-refractivity contribution in [1.82, 2.24) is 9.88 Å². The minimum Gasteiger partial charge on any atom is -0.479 e. The third-order valence-corrected chi connectivity index (χ3v) is 3.78. The molecule has 0 aliphatic rings. The largest absolute Gasteiger partial charge is 0.479 e. The van der Waals surface area contributed by atoms with E-state index < -0.39 is 29.5 Å². The zero-order valence-corrected chi connectivity index (χ0v) is 16.8. The van der Waals surface area contributed by atoms with Crippen LogP contribution in [0.4, 0.5) is 9.59 Å². The molecule has 0 spiro atoms. The fourth-order valence-corrected chi connectivity index (χ4v) is 2.49. The van der Waals surface area contributed by atoms with Crippen molar-refractivity contribution in [2.75, 3.05) is 6.54 Å². The molecule has 9 nitrogen and oxygen atoms in total. The molecule has 0 bridgehead atoms. The molecule has 1 heterocycles. The number of benzene rings is 1. The second-order valence-corrected chi connectivity index (χ2v) is 7.38. The summed E-state index contributed by atoms with van der Waals surface area (Å²) < 4.78 is 15.6. The van der Waals surface area contributed by atoms with Gasteiger partial charge in [0.2, 0.25) is 0 Å². The highest BCUT2D eigenvalue weighted by Crippen LogP contribution is 2.19. The van der Waals surface area contributed by atoms with Crippen molar-refractivity contribution in [2.24, 2.45) is 0 Å². The molecular formula is C20H26N2O7. The Bertz CT molecular complexity index is 878. The molecule has 0 saturated heterocycles. The first kappa shape index (κ1) is 22.1. The molecule has 0 aliphatic heterocycles. The van der Waals surface area contributed by atoms with E-state index in [1.807, 2.05) is 30.3 Å². The molecule has 158 valence electrons. The average Bonchev–Trinajstić information content (AvgIpc) is 2.92. The minimum atomic E-state index is -1.01. The number of hydrogen-bond donors (Lipinski definition) is 2. The number of alkyl carbamates (subject to hydrolysis) is 1. The van der Waals surface area contributed by atoms with E-state index in [0.29, 0.717) is 24.0 Å². The van der Waals surface area contributed by atoms with Gasteiger partial charge < -0.3 is 24.3 Å². The fourth-order valence-electron chi connectivity index (χ4n) is 2.49. The highest BCUT2D eigenvalue weighted by atomic mass is 16.6. The van der Waals surface area contributed by atoms with E-state index >= 15 is 0 Å². The summed E-state index contributed by atoms with van der Waals surface area (Å²) in [7, 11) is 0. The zero-order chi connectivity index (χ0) is 21.4. The number of aromatic hydroxyl groups is 1. The van der Waals surface area contributed by atoms with E-state index in [-0.39, 0.29) is 18.7 Å². The van der Waals surface area contributed by atoms with Gasteiger partial charge in [-0.3, -0.25) is 0 Å². The van der Waals surface area contributed by atoms with E-state index in [0.717, 1.165) is 5.56 Å². The third-order valence-electron chi connectivity index (χ3n) is 3.78. The first-order valence-corrected chi connectivity index (χ1v) is 9.29. The number of oxazole rings is 1. The Morgan fingerprint density at radius 2 is 1.86 bits per heavy atom. The van der Waals surface area contributed by atoms with Crippen molar-refractivity contribution in [1.29, 1.82) is 0 Å². The molecule has 2 N–H and O–H groups in total. The number of amides is 1. The summed E-state index contributed by atoms with van der Waals surface area (Å²) in [6.45, 7) is 5.51. The minimum absolute atomic E-state index is 0.0379. The Morgan fingerprint density at radius 1 is 1.17 bits per heavy atom. The molecule has 0 fully saturated rings. The lowest BCUT2D eigenvalue weighted by atomic mass is 10.2. The van der Waals surface area contributed by atoms with Gasteiger partial charge in [0.1, 0.15) is 17.9 Å². The number of carbonyl (C=O) groups is 2. The van der Waals surface area contributed by atoms with Gasteiger partial charge in [0.05, 0.1) is 0 Å². The molecule has 0 saturated carbocycles. The fraction of sp³-hybridized carbons (Fsp3) is 0.450. The van der Waals surface area contributed by atoms with Crippen LogP contribution in [0.3, 0.4) is 0 Å². The van der Waals surface area contributed by atoms with Gasteiger partial charge in [-0.25, -0.2) is 14.4 Å². The van der Waals surface area contributed by atoms with Gasteiger partial charge in [-0.15, -0.1) is 0 Å². The molecule has 1 amide bonds. The molecule has 2 rings (SSSR count). The Labute approximate surface area is 168 Å². The molecule has 2 aromatic rings. The predicted octanol–water partition coefficient (Wildman–Crippen LogP) is 3.18. The van der Waals surface area contributed by atoms with Gasteiger partial charge in [0.15, 0.2) is 0 Å². The first-order valence-electron chi connectivity index (χ1n) is 9.29. The summed E-state index contributed by atoms with van der Waals surface area (Å²) in [6.07, 6.45) is -0.241. The van der Waals surface area contributed by atoms with Crippen LogP contribution in [0.1, 0.15) is 44.9 Å². The second-order valence-electron chi connectivity index (χ2n) is 7.38. The SMILES string of the molecule is CC(C)(C)OC(=O)n1c(CCCCNC(=O)OCc2ccccc2)c(O)oc1=O. The smallest absolute Gasteiger partial charge is 0.431 e. The normalized spacial score (nSPS) is 11.1. The number of nitrogens with zero attached hydrogens (tertiary/aromatic N) is 1. The number of aromatic nitrogens is 1. The second kappa shape index (κ2) is 9.81. The summed E-state index contributed by atoms with van der Waals surface area (Å²) >= 11 is 0. The Kier molecular flexibility index (Phi) is 7.46. The van der Waals surface area contributed by atoms with Crippen LogP contribution in [0, 0.1) is 0 Å². The van der Waals surface area contributed by atoms with Crippen molar-refractivity contribution in [3.8, 4) is 5.95 Å². The van der Waals surface area contributed by atoms with E-state index in [4.69, 9.17) is 9.47 Å². The molecule has 0 radical (unpaired) electrons. The van der Waals surface area contributed by atoms with Crippen molar-refractivity contribution >= 4 is 12.2 Å². The van der Waals surface area contributed by atoms with Gasteiger partial charge in [0.25, 0.3) is 0 Å². The highest BCUT2D eigenvalue weighted by molar-refractivity contribution is 5.72. The predicted molar refractivity (Wildman–Crippen MR) is 104 cm³/mol. The topological polar surface area (TPSA) is 120 Å². The standard InChI is InChI=1S/C20H26N2O7/c1-20(2,3)29-19(26)22-15(16(23)28-18(22)25)11-7-8-12-21-17(24)27-13-14-9-5-4-6-10-14/h4-6,9-10,23H,7-8,11-13H2,1-3H3,(H,21,24). The lowest BCUT2D eigenvalue weighted by molar-refractivity contribution is 0.0521. The van der Waals surface area contributed by atoms with Crippen LogP contribution in [0.15, 0.2) is 39.5 Å². The molecule has 9 heteroatoms. The van der Waals surface area contributed by atoms with Crippen LogP contribution in [0.5, 0.6) is 5.95 Å². The van der Waals surface area contributed by atoms with E-state index in [1.165, 1.54) is 0 Å². The summed E-state index contributed by atoms with van der Waals surface area (Å²) in [5.74, 6) is -1.62. The Balaban J connectivity index is 1.78. The number of carbonyl (C=O) groups excluding carboxylic acids is 2. The van der Waals surface area contributed by atoms with Crippen LogP contribution in [0.25, 0.3) is 0 Å². The van der Waals surface area contributed by atoms with Crippen molar-refractivity contribution in [3.05, 3.63) is 52.1 Å². The molecule has 29 heavy (non-hydrogen) atoms. The molecule has 0 unspecified atom stereocenters. The number of unbranched alkanes of at least 4 members (excludes halogenated alkanes) is 1. The van der Waals surface area contributed by atoms with Crippen molar-refractivity contribution in [2.45, 2.75) is 52.2 Å². The van der Waals surface area contributed by atoms with E-state index in [9.17, 15) is 19.5 Å². The van der Waals surface area contributed by atoms with Crippen LogP contribution in [-0.4, -0.2) is 34.0 Å². The molecule has 0 atom stereocenters. The van der Waals surface area contributed by atoms with E-state index in [1.54, 1.807) is 20.8 Å². The molecule has 0 aliphatic carbocycles. The molecule has 1 aromatic carbocycles. The maximum absolute atomic E-state index is 12.2. The molecular weight excluding hydrogens is 380 g/mol. The van der Waals surface area contributed by atoms with Crippen LogP contribution < -0.4 is 11.1 Å². The summed E-state index contributed by atoms with van der Waals surface area (Å²) in [5, 5.41) is 12.4. The summed E-state index contributed by atoms with van der Waals surface area (Å²) in [4.78, 5) is 35.7. The third kappa shape index (κ3) is 7.02.